The van der Waals surface area contributed by atoms with Gasteiger partial charge in [-0.3, -0.25) is 4.79 Å². The highest BCUT2D eigenvalue weighted by molar-refractivity contribution is 7.16. The summed E-state index contributed by atoms with van der Waals surface area (Å²) in [7, 11) is 0. The van der Waals surface area contributed by atoms with Gasteiger partial charge >= 0.3 is 0 Å². The monoisotopic (exact) mass is 305 g/mol. The highest BCUT2D eigenvalue weighted by Gasteiger charge is 2.33. The van der Waals surface area contributed by atoms with Crippen molar-refractivity contribution in [3.8, 4) is 0 Å². The van der Waals surface area contributed by atoms with Crippen molar-refractivity contribution in [2.45, 2.75) is 50.9 Å². The van der Waals surface area contributed by atoms with E-state index in [-0.39, 0.29) is 11.8 Å². The third-order valence-electron chi connectivity index (χ3n) is 4.70. The molecule has 4 rings (SSSR count). The quantitative estimate of drug-likeness (QED) is 0.872. The van der Waals surface area contributed by atoms with Crippen LogP contribution >= 0.6 is 11.3 Å². The van der Waals surface area contributed by atoms with Gasteiger partial charge in [0.2, 0.25) is 10.9 Å². The molecule has 0 aromatic carbocycles. The Morgan fingerprint density at radius 2 is 2.05 bits per heavy atom. The van der Waals surface area contributed by atoms with E-state index in [9.17, 15) is 4.79 Å². The summed E-state index contributed by atoms with van der Waals surface area (Å²) in [5.74, 6) is 1.99. The molecule has 0 N–H and O–H groups in total. The van der Waals surface area contributed by atoms with Crippen molar-refractivity contribution in [1.29, 1.82) is 0 Å². The number of aromatic nitrogens is 4. The lowest BCUT2D eigenvalue weighted by Gasteiger charge is -2.12. The molecule has 1 atom stereocenters. The molecule has 0 spiro atoms. The Bertz CT molecular complexity index is 672. The van der Waals surface area contributed by atoms with Crippen molar-refractivity contribution in [2.24, 2.45) is 0 Å². The summed E-state index contributed by atoms with van der Waals surface area (Å²) < 4.78 is 1.93. The van der Waals surface area contributed by atoms with Crippen molar-refractivity contribution in [1.82, 2.24) is 24.7 Å². The Kier molecular flexibility index (Phi) is 3.17. The molecular weight excluding hydrogens is 286 g/mol. The molecule has 3 heterocycles. The summed E-state index contributed by atoms with van der Waals surface area (Å²) in [4.78, 5) is 14.7. The van der Waals surface area contributed by atoms with E-state index in [2.05, 4.69) is 10.2 Å². The van der Waals surface area contributed by atoms with Gasteiger partial charge in [0.25, 0.3) is 0 Å². The van der Waals surface area contributed by atoms with Gasteiger partial charge in [0, 0.05) is 31.3 Å². The lowest BCUT2D eigenvalue weighted by molar-refractivity contribution is -0.127. The van der Waals surface area contributed by atoms with Gasteiger partial charge in [-0.05, 0) is 19.8 Å². The van der Waals surface area contributed by atoms with Crippen molar-refractivity contribution < 1.29 is 4.79 Å². The Morgan fingerprint density at radius 3 is 2.76 bits per heavy atom. The molecule has 6 nitrogen and oxygen atoms in total. The Balaban J connectivity index is 1.64. The van der Waals surface area contributed by atoms with E-state index >= 15 is 0 Å². The zero-order chi connectivity index (χ0) is 14.4. The van der Waals surface area contributed by atoms with Crippen LogP contribution in [0.5, 0.6) is 0 Å². The van der Waals surface area contributed by atoms with E-state index in [0.29, 0.717) is 12.3 Å². The first kappa shape index (κ1) is 13.2. The van der Waals surface area contributed by atoms with E-state index in [4.69, 9.17) is 5.10 Å². The first-order chi connectivity index (χ1) is 10.3. The smallest absolute Gasteiger partial charge is 0.234 e. The fourth-order valence-corrected chi connectivity index (χ4v) is 4.43. The minimum atomic E-state index is 0.223. The van der Waals surface area contributed by atoms with E-state index in [1.54, 1.807) is 11.3 Å². The molecule has 1 saturated carbocycles. The number of fused-ring (bicyclic) bond motifs is 1. The Hall–Kier alpha value is -1.50. The maximum Gasteiger partial charge on any atom is 0.234 e. The van der Waals surface area contributed by atoms with Gasteiger partial charge in [-0.2, -0.15) is 9.61 Å². The minimum Gasteiger partial charge on any atom is -0.342 e. The molecule has 0 unspecified atom stereocenters. The lowest BCUT2D eigenvalue weighted by atomic mass is 10.1. The summed E-state index contributed by atoms with van der Waals surface area (Å²) >= 11 is 1.59. The van der Waals surface area contributed by atoms with E-state index in [0.717, 1.165) is 28.9 Å². The third kappa shape index (κ3) is 2.14. The van der Waals surface area contributed by atoms with E-state index in [1.165, 1.54) is 25.7 Å². The number of amides is 1. The van der Waals surface area contributed by atoms with Crippen LogP contribution in [0.1, 0.15) is 61.7 Å². The number of likely N-dealkylation sites (tertiary alicyclic amines) is 1. The lowest BCUT2D eigenvalue weighted by Crippen LogP contribution is -2.24. The van der Waals surface area contributed by atoms with Crippen LogP contribution in [0.15, 0.2) is 0 Å². The van der Waals surface area contributed by atoms with Gasteiger partial charge < -0.3 is 4.90 Å². The van der Waals surface area contributed by atoms with Crippen LogP contribution in [0.4, 0.5) is 0 Å². The largest absolute Gasteiger partial charge is 0.342 e. The Morgan fingerprint density at radius 1 is 1.24 bits per heavy atom. The number of carbonyl (C=O) groups excluding carboxylic acids is 1. The molecular formula is C14H19N5OS. The fraction of sp³-hybridized carbons (Fsp3) is 0.714. The molecule has 1 aliphatic heterocycles. The minimum absolute atomic E-state index is 0.223. The number of hydrogen-bond acceptors (Lipinski definition) is 5. The summed E-state index contributed by atoms with van der Waals surface area (Å²) in [5, 5.41) is 14.4. The number of hydrogen-bond donors (Lipinski definition) is 0. The first-order valence-corrected chi connectivity index (χ1v) is 8.57. The number of rotatable bonds is 3. The maximum atomic E-state index is 11.9. The van der Waals surface area contributed by atoms with Gasteiger partial charge in [0.05, 0.1) is 0 Å². The van der Waals surface area contributed by atoms with E-state index < -0.39 is 0 Å². The third-order valence-corrected chi connectivity index (χ3v) is 5.76. The highest BCUT2D eigenvalue weighted by Crippen LogP contribution is 2.35. The predicted molar refractivity (Wildman–Crippen MR) is 79.5 cm³/mol. The molecule has 2 aromatic heterocycles. The first-order valence-electron chi connectivity index (χ1n) is 7.76. The van der Waals surface area contributed by atoms with Crippen molar-refractivity contribution in [3.63, 3.8) is 0 Å². The van der Waals surface area contributed by atoms with Crippen LogP contribution in [0, 0.1) is 0 Å². The molecule has 1 aliphatic carbocycles. The van der Waals surface area contributed by atoms with Gasteiger partial charge in [0.15, 0.2) is 5.82 Å². The van der Waals surface area contributed by atoms with Crippen LogP contribution in [0.2, 0.25) is 0 Å². The standard InChI is InChI=1S/C14H19N5OS/c1-2-18-8-10(7-11(18)20)13-17-19-12(9-5-3-4-6-9)15-16-14(19)21-13/h9-10H,2-8H2,1H3/t10-/m1/s1. The number of nitrogens with zero attached hydrogens (tertiary/aromatic N) is 5. The van der Waals surface area contributed by atoms with Crippen LogP contribution < -0.4 is 0 Å². The summed E-state index contributed by atoms with van der Waals surface area (Å²) in [6.07, 6.45) is 5.52. The van der Waals surface area contributed by atoms with Gasteiger partial charge in [-0.25, -0.2) is 0 Å². The molecule has 1 saturated heterocycles. The Labute approximate surface area is 127 Å². The topological polar surface area (TPSA) is 63.4 Å². The second kappa shape index (κ2) is 5.05. The normalized spacial score (nSPS) is 23.8. The maximum absolute atomic E-state index is 11.9. The van der Waals surface area contributed by atoms with Crippen molar-refractivity contribution in [3.05, 3.63) is 10.8 Å². The predicted octanol–water partition coefficient (Wildman–Crippen LogP) is 2.18. The number of carbonyl (C=O) groups is 1. The number of likely N-dealkylation sites (N-methyl/N-ethyl adjacent to an activating group) is 1. The second-order valence-corrected chi connectivity index (χ2v) is 7.00. The average molecular weight is 305 g/mol. The molecule has 0 bridgehead atoms. The van der Waals surface area contributed by atoms with Crippen molar-refractivity contribution >= 4 is 22.2 Å². The van der Waals surface area contributed by atoms with Gasteiger partial charge in [0.1, 0.15) is 5.01 Å². The zero-order valence-corrected chi connectivity index (χ0v) is 13.0. The summed E-state index contributed by atoms with van der Waals surface area (Å²) in [6, 6.07) is 0. The van der Waals surface area contributed by atoms with Crippen LogP contribution in [0.3, 0.4) is 0 Å². The van der Waals surface area contributed by atoms with E-state index in [1.807, 2.05) is 16.3 Å². The van der Waals surface area contributed by atoms with Crippen LogP contribution in [-0.4, -0.2) is 43.7 Å². The molecule has 2 aromatic rings. The summed E-state index contributed by atoms with van der Waals surface area (Å²) in [5.41, 5.74) is 0. The molecule has 112 valence electrons. The average Bonchev–Trinajstić information content (AvgIpc) is 3.21. The molecule has 0 radical (unpaired) electrons. The molecule has 1 amide bonds. The van der Waals surface area contributed by atoms with Gasteiger partial charge in [-0.1, -0.05) is 24.2 Å². The van der Waals surface area contributed by atoms with Crippen LogP contribution in [-0.2, 0) is 4.79 Å². The van der Waals surface area contributed by atoms with Crippen molar-refractivity contribution in [2.75, 3.05) is 13.1 Å². The SMILES string of the molecule is CCN1C[C@H](c2nn3c(C4CCCC4)nnc3s2)CC1=O. The van der Waals surface area contributed by atoms with Crippen LogP contribution in [0.25, 0.3) is 4.96 Å². The highest BCUT2D eigenvalue weighted by atomic mass is 32.1. The summed E-state index contributed by atoms with van der Waals surface area (Å²) in [6.45, 7) is 3.60. The molecule has 21 heavy (non-hydrogen) atoms. The molecule has 2 fully saturated rings. The molecule has 7 heteroatoms. The zero-order valence-electron chi connectivity index (χ0n) is 12.2. The fourth-order valence-electron chi connectivity index (χ4n) is 3.49. The molecule has 2 aliphatic rings. The second-order valence-electron chi connectivity index (χ2n) is 6.01. The van der Waals surface area contributed by atoms with Gasteiger partial charge in [-0.15, -0.1) is 10.2 Å².